The number of rotatable bonds is 1. The molecule has 0 aliphatic heterocycles. The second-order valence-electron chi connectivity index (χ2n) is 4.79. The van der Waals surface area contributed by atoms with E-state index in [0.29, 0.717) is 0 Å². The van der Waals surface area contributed by atoms with Gasteiger partial charge in [0.15, 0.2) is 0 Å². The molecule has 3 aromatic carbocycles. The van der Waals surface area contributed by atoms with Gasteiger partial charge in [-0.2, -0.15) is 0 Å². The van der Waals surface area contributed by atoms with Gasteiger partial charge in [0.05, 0.1) is 0 Å². The van der Waals surface area contributed by atoms with Crippen molar-refractivity contribution in [3.05, 3.63) is 71.2 Å². The van der Waals surface area contributed by atoms with Gasteiger partial charge in [-0.05, 0) is 29.3 Å². The van der Waals surface area contributed by atoms with Crippen LogP contribution in [0.3, 0.4) is 0 Å². The van der Waals surface area contributed by atoms with Crippen LogP contribution in [0.2, 0.25) is 0 Å². The molecule has 0 aliphatic rings. The molecular formula is C18H11BrS. The first-order valence-electron chi connectivity index (χ1n) is 6.49. The fraction of sp³-hybridized carbons (Fsp3) is 0. The van der Waals surface area contributed by atoms with Crippen LogP contribution in [0, 0.1) is 0 Å². The van der Waals surface area contributed by atoms with Crippen molar-refractivity contribution in [3.63, 3.8) is 0 Å². The van der Waals surface area contributed by atoms with E-state index in [-0.39, 0.29) is 0 Å². The van der Waals surface area contributed by atoms with E-state index < -0.39 is 0 Å². The summed E-state index contributed by atoms with van der Waals surface area (Å²) in [5, 5.41) is 2.71. The highest BCUT2D eigenvalue weighted by atomic mass is 79.9. The van der Waals surface area contributed by atoms with E-state index in [2.05, 4.69) is 82.7 Å². The number of benzene rings is 3. The van der Waals surface area contributed by atoms with Gasteiger partial charge in [0.25, 0.3) is 0 Å². The summed E-state index contributed by atoms with van der Waals surface area (Å²) in [6.07, 6.45) is 0. The second-order valence-corrected chi connectivity index (χ2v) is 6.76. The summed E-state index contributed by atoms with van der Waals surface area (Å²) in [5.41, 5.74) is 2.58. The molecule has 0 amide bonds. The second kappa shape index (κ2) is 4.72. The van der Waals surface area contributed by atoms with Crippen LogP contribution in [0.4, 0.5) is 0 Å². The molecule has 0 nitrogen and oxygen atoms in total. The van der Waals surface area contributed by atoms with Gasteiger partial charge >= 0.3 is 0 Å². The lowest BCUT2D eigenvalue weighted by Gasteiger charge is -2.03. The fourth-order valence-corrected chi connectivity index (χ4v) is 4.11. The third-order valence-electron chi connectivity index (χ3n) is 3.56. The molecule has 2 heteroatoms. The molecule has 20 heavy (non-hydrogen) atoms. The van der Waals surface area contributed by atoms with Gasteiger partial charge < -0.3 is 0 Å². The molecule has 0 radical (unpaired) electrons. The Morgan fingerprint density at radius 1 is 0.700 bits per heavy atom. The third-order valence-corrected chi connectivity index (χ3v) is 5.31. The molecule has 0 bridgehead atoms. The van der Waals surface area contributed by atoms with E-state index in [1.807, 2.05) is 11.3 Å². The van der Waals surface area contributed by atoms with E-state index in [1.165, 1.54) is 31.3 Å². The molecular weight excluding hydrogens is 328 g/mol. The van der Waals surface area contributed by atoms with Crippen LogP contribution >= 0.6 is 27.3 Å². The zero-order chi connectivity index (χ0) is 13.5. The SMILES string of the molecule is Brc1ccc(-c2cccc3c2sc2ccccc23)cc1. The average Bonchev–Trinajstić information content (AvgIpc) is 2.87. The predicted molar refractivity (Wildman–Crippen MR) is 92.5 cm³/mol. The highest BCUT2D eigenvalue weighted by Crippen LogP contribution is 2.39. The standard InChI is InChI=1S/C18H11BrS/c19-13-10-8-12(9-11-13)14-5-3-6-16-15-4-1-2-7-17(15)20-18(14)16/h1-11H. The quantitative estimate of drug-likeness (QED) is 0.372. The van der Waals surface area contributed by atoms with Crippen LogP contribution < -0.4 is 0 Å². The smallest absolute Gasteiger partial charge is 0.0433 e. The molecule has 0 fully saturated rings. The lowest BCUT2D eigenvalue weighted by molar-refractivity contribution is 1.63. The molecule has 4 rings (SSSR count). The summed E-state index contributed by atoms with van der Waals surface area (Å²) in [7, 11) is 0. The molecule has 0 spiro atoms. The Balaban J connectivity index is 2.07. The Hall–Kier alpha value is -1.64. The van der Waals surface area contributed by atoms with Crippen LogP contribution in [0.5, 0.6) is 0 Å². The summed E-state index contributed by atoms with van der Waals surface area (Å²) in [6, 6.07) is 23.7. The zero-order valence-electron chi connectivity index (χ0n) is 10.6. The van der Waals surface area contributed by atoms with Crippen molar-refractivity contribution in [3.8, 4) is 11.1 Å². The summed E-state index contributed by atoms with van der Waals surface area (Å²) in [4.78, 5) is 0. The molecule has 0 N–H and O–H groups in total. The Morgan fingerprint density at radius 3 is 2.30 bits per heavy atom. The number of hydrogen-bond acceptors (Lipinski definition) is 1. The van der Waals surface area contributed by atoms with E-state index in [0.717, 1.165) is 4.47 Å². The summed E-state index contributed by atoms with van der Waals surface area (Å²) < 4.78 is 3.84. The maximum Gasteiger partial charge on any atom is 0.0433 e. The van der Waals surface area contributed by atoms with Crippen LogP contribution in [0.25, 0.3) is 31.3 Å². The van der Waals surface area contributed by atoms with Crippen molar-refractivity contribution < 1.29 is 0 Å². The first-order chi connectivity index (χ1) is 9.83. The average molecular weight is 339 g/mol. The molecule has 4 aromatic rings. The molecule has 0 saturated carbocycles. The van der Waals surface area contributed by atoms with Crippen LogP contribution in [-0.2, 0) is 0 Å². The number of halogens is 1. The summed E-state index contributed by atoms with van der Waals surface area (Å²) in [6.45, 7) is 0. The van der Waals surface area contributed by atoms with Gasteiger partial charge in [0.1, 0.15) is 0 Å². The minimum atomic E-state index is 1.12. The van der Waals surface area contributed by atoms with Gasteiger partial charge in [0.2, 0.25) is 0 Å². The van der Waals surface area contributed by atoms with Gasteiger partial charge in [-0.3, -0.25) is 0 Å². The van der Waals surface area contributed by atoms with Gasteiger partial charge in [0, 0.05) is 24.6 Å². The molecule has 96 valence electrons. The maximum absolute atomic E-state index is 3.50. The van der Waals surface area contributed by atoms with Gasteiger partial charge in [-0.1, -0.05) is 64.5 Å². The van der Waals surface area contributed by atoms with Crippen molar-refractivity contribution in [1.29, 1.82) is 0 Å². The fourth-order valence-electron chi connectivity index (χ4n) is 2.60. The normalized spacial score (nSPS) is 11.2. The highest BCUT2D eigenvalue weighted by Gasteiger charge is 2.09. The molecule has 0 aliphatic carbocycles. The Kier molecular flexibility index (Phi) is 2.86. The third kappa shape index (κ3) is 1.88. The first-order valence-corrected chi connectivity index (χ1v) is 8.10. The van der Waals surface area contributed by atoms with Gasteiger partial charge in [-0.15, -0.1) is 11.3 Å². The van der Waals surface area contributed by atoms with Crippen molar-refractivity contribution in [2.75, 3.05) is 0 Å². The zero-order valence-corrected chi connectivity index (χ0v) is 13.0. The number of hydrogen-bond donors (Lipinski definition) is 0. The topological polar surface area (TPSA) is 0 Å². The van der Waals surface area contributed by atoms with Crippen LogP contribution in [0.1, 0.15) is 0 Å². The lowest BCUT2D eigenvalue weighted by Crippen LogP contribution is -1.77. The highest BCUT2D eigenvalue weighted by molar-refractivity contribution is 9.10. The van der Waals surface area contributed by atoms with Crippen molar-refractivity contribution >= 4 is 47.4 Å². The molecule has 1 aromatic heterocycles. The predicted octanol–water partition coefficient (Wildman–Crippen LogP) is 6.48. The van der Waals surface area contributed by atoms with E-state index >= 15 is 0 Å². The Bertz CT molecular complexity index is 904. The van der Waals surface area contributed by atoms with Crippen molar-refractivity contribution in [2.24, 2.45) is 0 Å². The van der Waals surface area contributed by atoms with E-state index in [9.17, 15) is 0 Å². The van der Waals surface area contributed by atoms with Gasteiger partial charge in [-0.25, -0.2) is 0 Å². The molecule has 0 saturated heterocycles. The van der Waals surface area contributed by atoms with Crippen LogP contribution in [-0.4, -0.2) is 0 Å². The lowest BCUT2D eigenvalue weighted by atomic mass is 10.0. The number of fused-ring (bicyclic) bond motifs is 3. The molecule has 0 unspecified atom stereocenters. The van der Waals surface area contributed by atoms with Crippen LogP contribution in [0.15, 0.2) is 71.2 Å². The molecule has 1 heterocycles. The Morgan fingerprint density at radius 2 is 1.45 bits per heavy atom. The number of thiophene rings is 1. The molecule has 0 atom stereocenters. The largest absolute Gasteiger partial charge is 0.135 e. The van der Waals surface area contributed by atoms with E-state index in [1.54, 1.807) is 0 Å². The maximum atomic E-state index is 3.50. The summed E-state index contributed by atoms with van der Waals surface area (Å²) in [5.74, 6) is 0. The van der Waals surface area contributed by atoms with Crippen molar-refractivity contribution in [1.82, 2.24) is 0 Å². The minimum Gasteiger partial charge on any atom is -0.135 e. The first kappa shape index (κ1) is 12.1. The minimum absolute atomic E-state index is 1.12. The Labute approximate surface area is 129 Å². The summed E-state index contributed by atoms with van der Waals surface area (Å²) >= 11 is 5.37. The van der Waals surface area contributed by atoms with E-state index in [4.69, 9.17) is 0 Å². The van der Waals surface area contributed by atoms with Crippen molar-refractivity contribution in [2.45, 2.75) is 0 Å². The monoisotopic (exact) mass is 338 g/mol.